The van der Waals surface area contributed by atoms with E-state index in [4.69, 9.17) is 5.84 Å². The van der Waals surface area contributed by atoms with Crippen LogP contribution in [-0.4, -0.2) is 24.5 Å². The van der Waals surface area contributed by atoms with E-state index in [1.165, 1.54) is 0 Å². The average Bonchev–Trinajstić information content (AvgIpc) is 3.02. The molecule has 0 amide bonds. The quantitative estimate of drug-likeness (QED) is 0.586. The molecule has 7 heteroatoms. The number of hydrogen-bond donors (Lipinski definition) is 2. The summed E-state index contributed by atoms with van der Waals surface area (Å²) >= 11 is 0. The van der Waals surface area contributed by atoms with Crippen LogP contribution in [0.5, 0.6) is 0 Å². The lowest BCUT2D eigenvalue weighted by molar-refractivity contribution is 0.438. The van der Waals surface area contributed by atoms with Crippen molar-refractivity contribution < 1.29 is 0 Å². The van der Waals surface area contributed by atoms with E-state index in [0.717, 1.165) is 30.2 Å². The second kappa shape index (κ2) is 6.82. The van der Waals surface area contributed by atoms with E-state index < -0.39 is 0 Å². The minimum absolute atomic E-state index is 0.0297. The number of hydrazine groups is 1. The van der Waals surface area contributed by atoms with Crippen LogP contribution >= 0.6 is 0 Å². The van der Waals surface area contributed by atoms with Crippen molar-refractivity contribution in [2.45, 2.75) is 46.2 Å². The SMILES string of the molecule is CCc1cc(C(Cc2ncnn2CC(C)C)NN)n(C)n1. The fourth-order valence-electron chi connectivity index (χ4n) is 2.42. The standard InChI is InChI=1S/C14H25N7/c1-5-11-6-13(20(4)19-11)12(18-15)7-14-16-9-17-21(14)8-10(2)3/h6,9-10,12,18H,5,7-8,15H2,1-4H3. The van der Waals surface area contributed by atoms with E-state index in [0.29, 0.717) is 12.3 Å². The maximum Gasteiger partial charge on any atom is 0.138 e. The van der Waals surface area contributed by atoms with Gasteiger partial charge in [0.05, 0.1) is 17.4 Å². The first-order chi connectivity index (χ1) is 10.0. The fraction of sp³-hybridized carbons (Fsp3) is 0.643. The van der Waals surface area contributed by atoms with Gasteiger partial charge in [0.25, 0.3) is 0 Å². The number of aryl methyl sites for hydroxylation is 2. The largest absolute Gasteiger partial charge is 0.271 e. The summed E-state index contributed by atoms with van der Waals surface area (Å²) in [5, 5.41) is 8.77. The van der Waals surface area contributed by atoms with Gasteiger partial charge in [0.1, 0.15) is 12.2 Å². The van der Waals surface area contributed by atoms with Crippen molar-refractivity contribution >= 4 is 0 Å². The lowest BCUT2D eigenvalue weighted by atomic mass is 10.1. The normalized spacial score (nSPS) is 13.0. The van der Waals surface area contributed by atoms with Crippen LogP contribution in [0.4, 0.5) is 0 Å². The Morgan fingerprint density at radius 3 is 2.71 bits per heavy atom. The van der Waals surface area contributed by atoms with Crippen LogP contribution in [-0.2, 0) is 26.4 Å². The predicted octanol–water partition coefficient (Wildman–Crippen LogP) is 0.977. The van der Waals surface area contributed by atoms with Crippen molar-refractivity contribution in [3.63, 3.8) is 0 Å². The highest BCUT2D eigenvalue weighted by Gasteiger charge is 2.19. The molecule has 0 radical (unpaired) electrons. The summed E-state index contributed by atoms with van der Waals surface area (Å²) in [7, 11) is 1.94. The van der Waals surface area contributed by atoms with Gasteiger partial charge in [-0.15, -0.1) is 0 Å². The number of nitrogens with zero attached hydrogens (tertiary/aromatic N) is 5. The molecule has 0 fully saturated rings. The molecule has 2 aromatic heterocycles. The molecular formula is C14H25N7. The zero-order valence-electron chi connectivity index (χ0n) is 13.2. The highest BCUT2D eigenvalue weighted by molar-refractivity contribution is 5.15. The van der Waals surface area contributed by atoms with Crippen LogP contribution in [0.25, 0.3) is 0 Å². The van der Waals surface area contributed by atoms with Gasteiger partial charge < -0.3 is 0 Å². The smallest absolute Gasteiger partial charge is 0.138 e. The van der Waals surface area contributed by atoms with Crippen LogP contribution in [0.3, 0.4) is 0 Å². The number of hydrogen-bond acceptors (Lipinski definition) is 5. The Kier molecular flexibility index (Phi) is 5.08. The second-order valence-electron chi connectivity index (χ2n) is 5.71. The van der Waals surface area contributed by atoms with Crippen molar-refractivity contribution in [1.82, 2.24) is 30.0 Å². The summed E-state index contributed by atoms with van der Waals surface area (Å²) in [5.74, 6) is 7.21. The summed E-state index contributed by atoms with van der Waals surface area (Å²) < 4.78 is 3.83. The lowest BCUT2D eigenvalue weighted by Crippen LogP contribution is -2.32. The zero-order valence-corrected chi connectivity index (χ0v) is 13.2. The van der Waals surface area contributed by atoms with Gasteiger partial charge in [0.2, 0.25) is 0 Å². The molecule has 0 aromatic carbocycles. The third kappa shape index (κ3) is 3.68. The van der Waals surface area contributed by atoms with Gasteiger partial charge in [0.15, 0.2) is 0 Å². The molecule has 116 valence electrons. The highest BCUT2D eigenvalue weighted by Crippen LogP contribution is 2.18. The third-order valence-corrected chi connectivity index (χ3v) is 3.51. The summed E-state index contributed by atoms with van der Waals surface area (Å²) in [4.78, 5) is 4.37. The van der Waals surface area contributed by atoms with Crippen molar-refractivity contribution in [2.24, 2.45) is 18.8 Å². The number of nitrogens with one attached hydrogen (secondary N) is 1. The first-order valence-electron chi connectivity index (χ1n) is 7.40. The molecule has 2 heterocycles. The molecule has 0 saturated heterocycles. The molecule has 0 bridgehead atoms. The van der Waals surface area contributed by atoms with Gasteiger partial charge in [-0.1, -0.05) is 20.8 Å². The van der Waals surface area contributed by atoms with Gasteiger partial charge in [-0.3, -0.25) is 16.0 Å². The molecule has 1 atom stereocenters. The van der Waals surface area contributed by atoms with Crippen molar-refractivity contribution in [3.05, 3.63) is 29.6 Å². The van der Waals surface area contributed by atoms with E-state index in [-0.39, 0.29) is 6.04 Å². The van der Waals surface area contributed by atoms with Crippen molar-refractivity contribution in [1.29, 1.82) is 0 Å². The van der Waals surface area contributed by atoms with Gasteiger partial charge in [-0.2, -0.15) is 10.2 Å². The van der Waals surface area contributed by atoms with E-state index in [2.05, 4.69) is 47.4 Å². The molecule has 0 spiro atoms. The maximum atomic E-state index is 5.74. The van der Waals surface area contributed by atoms with Crippen molar-refractivity contribution in [2.75, 3.05) is 0 Å². The second-order valence-corrected chi connectivity index (χ2v) is 5.71. The summed E-state index contributed by atoms with van der Waals surface area (Å²) in [5.41, 5.74) is 5.00. The molecule has 21 heavy (non-hydrogen) atoms. The Hall–Kier alpha value is -1.73. The Morgan fingerprint density at radius 1 is 1.38 bits per heavy atom. The van der Waals surface area contributed by atoms with Crippen LogP contribution in [0.15, 0.2) is 12.4 Å². The van der Waals surface area contributed by atoms with Gasteiger partial charge in [-0.05, 0) is 18.4 Å². The summed E-state index contributed by atoms with van der Waals surface area (Å²) in [6.45, 7) is 7.28. The Morgan fingerprint density at radius 2 is 2.14 bits per heavy atom. The van der Waals surface area contributed by atoms with Gasteiger partial charge in [-0.25, -0.2) is 9.67 Å². The monoisotopic (exact) mass is 291 g/mol. The van der Waals surface area contributed by atoms with Crippen LogP contribution < -0.4 is 11.3 Å². The van der Waals surface area contributed by atoms with E-state index in [1.807, 2.05) is 16.4 Å². The van der Waals surface area contributed by atoms with Crippen LogP contribution in [0.1, 0.15) is 44.0 Å². The highest BCUT2D eigenvalue weighted by atomic mass is 15.3. The first kappa shape index (κ1) is 15.7. The molecule has 3 N–H and O–H groups in total. The Balaban J connectivity index is 2.19. The van der Waals surface area contributed by atoms with Gasteiger partial charge >= 0.3 is 0 Å². The minimum atomic E-state index is -0.0297. The molecule has 1 unspecified atom stereocenters. The Bertz CT molecular complexity index is 570. The van der Waals surface area contributed by atoms with Gasteiger partial charge in [0, 0.05) is 20.0 Å². The number of aromatic nitrogens is 5. The molecule has 2 rings (SSSR count). The number of rotatable bonds is 7. The number of nitrogens with two attached hydrogens (primary N) is 1. The molecule has 0 aliphatic rings. The molecule has 0 aliphatic carbocycles. The summed E-state index contributed by atoms with van der Waals surface area (Å²) in [6.07, 6.45) is 3.20. The molecule has 0 aliphatic heterocycles. The maximum absolute atomic E-state index is 5.74. The topological polar surface area (TPSA) is 86.6 Å². The molecular weight excluding hydrogens is 266 g/mol. The molecule has 0 saturated carbocycles. The van der Waals surface area contributed by atoms with Crippen LogP contribution in [0.2, 0.25) is 0 Å². The minimum Gasteiger partial charge on any atom is -0.271 e. The predicted molar refractivity (Wildman–Crippen MR) is 81.2 cm³/mol. The summed E-state index contributed by atoms with van der Waals surface area (Å²) in [6, 6.07) is 2.06. The van der Waals surface area contributed by atoms with E-state index in [1.54, 1.807) is 6.33 Å². The first-order valence-corrected chi connectivity index (χ1v) is 7.40. The average molecular weight is 291 g/mol. The van der Waals surface area contributed by atoms with E-state index >= 15 is 0 Å². The zero-order chi connectivity index (χ0) is 15.4. The fourth-order valence-corrected chi connectivity index (χ4v) is 2.42. The lowest BCUT2D eigenvalue weighted by Gasteiger charge is -2.16. The van der Waals surface area contributed by atoms with Crippen LogP contribution in [0, 0.1) is 5.92 Å². The molecule has 2 aromatic rings. The molecule has 7 nitrogen and oxygen atoms in total. The van der Waals surface area contributed by atoms with Crippen molar-refractivity contribution in [3.8, 4) is 0 Å². The van der Waals surface area contributed by atoms with E-state index in [9.17, 15) is 0 Å². The third-order valence-electron chi connectivity index (χ3n) is 3.51. The Labute approximate surface area is 125 Å².